The summed E-state index contributed by atoms with van der Waals surface area (Å²) in [6.45, 7) is 3.38. The molecule has 0 aliphatic rings. The van der Waals surface area contributed by atoms with Crippen molar-refractivity contribution in [2.45, 2.75) is 13.0 Å². The number of ether oxygens (including phenoxy) is 1. The van der Waals surface area contributed by atoms with Gasteiger partial charge in [-0.1, -0.05) is 15.9 Å². The Balaban J connectivity index is 2.32. The van der Waals surface area contributed by atoms with E-state index < -0.39 is 0 Å². The van der Waals surface area contributed by atoms with Gasteiger partial charge >= 0.3 is 0 Å². The molecule has 0 amide bonds. The van der Waals surface area contributed by atoms with Gasteiger partial charge in [-0.3, -0.25) is 0 Å². The number of benzene rings is 1. The van der Waals surface area contributed by atoms with E-state index in [2.05, 4.69) is 68.6 Å². The van der Waals surface area contributed by atoms with E-state index in [1.807, 2.05) is 19.1 Å². The lowest BCUT2D eigenvalue weighted by Gasteiger charge is -2.15. The highest BCUT2D eigenvalue weighted by Gasteiger charge is 2.19. The Hall–Kier alpha value is -0.350. The second-order valence-corrected chi connectivity index (χ2v) is 6.96. The van der Waals surface area contributed by atoms with E-state index in [4.69, 9.17) is 4.74 Å². The SMILES string of the molecule is COCCNC(C)c1nnnn1-c1c(Br)cc(Br)cc1Br. The molecule has 114 valence electrons. The Morgan fingerprint density at radius 1 is 1.29 bits per heavy atom. The molecule has 0 radical (unpaired) electrons. The second-order valence-electron chi connectivity index (χ2n) is 4.34. The van der Waals surface area contributed by atoms with Gasteiger partial charge in [0, 0.05) is 27.1 Å². The summed E-state index contributed by atoms with van der Waals surface area (Å²) in [6, 6.07) is 3.90. The van der Waals surface area contributed by atoms with Crippen LogP contribution in [0.25, 0.3) is 5.69 Å². The topological polar surface area (TPSA) is 64.9 Å². The zero-order valence-electron chi connectivity index (χ0n) is 11.5. The summed E-state index contributed by atoms with van der Waals surface area (Å²) < 4.78 is 9.49. The number of halogens is 3. The summed E-state index contributed by atoms with van der Waals surface area (Å²) in [5.41, 5.74) is 0.860. The number of tetrazole rings is 1. The summed E-state index contributed by atoms with van der Waals surface area (Å²) in [5.74, 6) is 0.731. The van der Waals surface area contributed by atoms with Crippen LogP contribution in [-0.2, 0) is 4.74 Å². The Bertz CT molecular complexity index is 596. The van der Waals surface area contributed by atoms with Crippen LogP contribution in [0.1, 0.15) is 18.8 Å². The zero-order valence-corrected chi connectivity index (χ0v) is 16.2. The second kappa shape index (κ2) is 7.77. The van der Waals surface area contributed by atoms with Crippen LogP contribution >= 0.6 is 47.8 Å². The predicted molar refractivity (Wildman–Crippen MR) is 90.5 cm³/mol. The molecule has 0 aliphatic heterocycles. The molecule has 0 aliphatic carbocycles. The lowest BCUT2D eigenvalue weighted by Crippen LogP contribution is -2.25. The number of hydrogen-bond donors (Lipinski definition) is 1. The Morgan fingerprint density at radius 3 is 2.57 bits per heavy atom. The van der Waals surface area contributed by atoms with Gasteiger partial charge < -0.3 is 10.1 Å². The number of hydrogen-bond acceptors (Lipinski definition) is 5. The summed E-state index contributed by atoms with van der Waals surface area (Å²) in [6.07, 6.45) is 0. The minimum Gasteiger partial charge on any atom is -0.383 e. The standard InChI is InChI=1S/C12H14Br3N5O/c1-7(16-3-4-21-2)12-17-18-19-20(12)11-9(14)5-8(13)6-10(11)15/h5-7,16H,3-4H2,1-2H3. The molecular formula is C12H14Br3N5O. The van der Waals surface area contributed by atoms with Gasteiger partial charge in [0.1, 0.15) is 0 Å². The molecule has 0 saturated heterocycles. The monoisotopic (exact) mass is 481 g/mol. The van der Waals surface area contributed by atoms with Crippen molar-refractivity contribution in [3.05, 3.63) is 31.4 Å². The highest BCUT2D eigenvalue weighted by Crippen LogP contribution is 2.33. The summed E-state index contributed by atoms with van der Waals surface area (Å²) in [4.78, 5) is 0. The van der Waals surface area contributed by atoms with Crippen molar-refractivity contribution < 1.29 is 4.74 Å². The molecule has 0 bridgehead atoms. The van der Waals surface area contributed by atoms with Crippen LogP contribution in [-0.4, -0.2) is 40.5 Å². The molecule has 1 N–H and O–H groups in total. The maximum Gasteiger partial charge on any atom is 0.173 e. The fraction of sp³-hybridized carbons (Fsp3) is 0.417. The number of aromatic nitrogens is 4. The Labute approximate surface area is 148 Å². The van der Waals surface area contributed by atoms with Crippen molar-refractivity contribution in [1.29, 1.82) is 0 Å². The summed E-state index contributed by atoms with van der Waals surface area (Å²) in [5, 5.41) is 15.3. The van der Waals surface area contributed by atoms with Crippen LogP contribution in [0.4, 0.5) is 0 Å². The Morgan fingerprint density at radius 2 is 1.95 bits per heavy atom. The molecular weight excluding hydrogens is 470 g/mol. The zero-order chi connectivity index (χ0) is 15.4. The minimum atomic E-state index is -0.00223. The first-order valence-electron chi connectivity index (χ1n) is 6.20. The maximum atomic E-state index is 5.03. The van der Waals surface area contributed by atoms with Gasteiger partial charge in [0.05, 0.1) is 18.3 Å². The smallest absolute Gasteiger partial charge is 0.173 e. The van der Waals surface area contributed by atoms with Gasteiger partial charge in [0.15, 0.2) is 5.82 Å². The largest absolute Gasteiger partial charge is 0.383 e. The number of nitrogens with zero attached hydrogens (tertiary/aromatic N) is 4. The number of methoxy groups -OCH3 is 1. The van der Waals surface area contributed by atoms with E-state index in [9.17, 15) is 0 Å². The molecule has 1 aromatic heterocycles. The van der Waals surface area contributed by atoms with Crippen molar-refractivity contribution in [1.82, 2.24) is 25.5 Å². The molecule has 1 atom stereocenters. The van der Waals surface area contributed by atoms with Crippen LogP contribution in [0.2, 0.25) is 0 Å². The summed E-state index contributed by atoms with van der Waals surface area (Å²) in [7, 11) is 1.67. The third-order valence-corrected chi connectivity index (χ3v) is 4.50. The first kappa shape index (κ1) is 17.0. The van der Waals surface area contributed by atoms with Gasteiger partial charge in [-0.2, -0.15) is 4.68 Å². The van der Waals surface area contributed by atoms with Crippen molar-refractivity contribution in [2.75, 3.05) is 20.3 Å². The van der Waals surface area contributed by atoms with Gasteiger partial charge in [-0.15, -0.1) is 5.10 Å². The van der Waals surface area contributed by atoms with Crippen LogP contribution < -0.4 is 5.32 Å². The fourth-order valence-electron chi connectivity index (χ4n) is 1.83. The van der Waals surface area contributed by atoms with Gasteiger partial charge in [-0.25, -0.2) is 0 Å². The number of rotatable bonds is 6. The van der Waals surface area contributed by atoms with Gasteiger partial charge in [0.25, 0.3) is 0 Å². The lowest BCUT2D eigenvalue weighted by atomic mass is 10.3. The van der Waals surface area contributed by atoms with Crippen LogP contribution in [0, 0.1) is 0 Å². The van der Waals surface area contributed by atoms with Crippen molar-refractivity contribution in [3.63, 3.8) is 0 Å². The first-order valence-corrected chi connectivity index (χ1v) is 8.58. The van der Waals surface area contributed by atoms with E-state index in [0.717, 1.165) is 31.5 Å². The normalized spacial score (nSPS) is 12.6. The van der Waals surface area contributed by atoms with E-state index in [-0.39, 0.29) is 6.04 Å². The minimum absolute atomic E-state index is 0.00223. The highest BCUT2D eigenvalue weighted by molar-refractivity contribution is 9.11. The average molecular weight is 484 g/mol. The van der Waals surface area contributed by atoms with Crippen molar-refractivity contribution >= 4 is 47.8 Å². The van der Waals surface area contributed by atoms with E-state index in [1.54, 1.807) is 11.8 Å². The molecule has 2 rings (SSSR count). The molecule has 0 fully saturated rings. The molecule has 1 unspecified atom stereocenters. The molecule has 6 nitrogen and oxygen atoms in total. The number of nitrogens with one attached hydrogen (secondary N) is 1. The van der Waals surface area contributed by atoms with Crippen LogP contribution in [0.3, 0.4) is 0 Å². The summed E-state index contributed by atoms with van der Waals surface area (Å²) >= 11 is 10.6. The molecule has 9 heteroatoms. The molecule has 21 heavy (non-hydrogen) atoms. The molecule has 0 spiro atoms. The highest BCUT2D eigenvalue weighted by atomic mass is 79.9. The quantitative estimate of drug-likeness (QED) is 0.639. The predicted octanol–water partition coefficient (Wildman–Crippen LogP) is 3.25. The third kappa shape index (κ3) is 4.10. The van der Waals surface area contributed by atoms with Gasteiger partial charge in [0.2, 0.25) is 0 Å². The molecule has 1 heterocycles. The third-order valence-electron chi connectivity index (χ3n) is 2.83. The fourth-order valence-corrected chi connectivity index (χ4v) is 4.42. The molecule has 2 aromatic rings. The van der Waals surface area contributed by atoms with E-state index >= 15 is 0 Å². The molecule has 0 saturated carbocycles. The van der Waals surface area contributed by atoms with Crippen LogP contribution in [0.5, 0.6) is 0 Å². The first-order chi connectivity index (χ1) is 10.0. The van der Waals surface area contributed by atoms with Gasteiger partial charge in [-0.05, 0) is 61.3 Å². The van der Waals surface area contributed by atoms with Crippen molar-refractivity contribution in [3.8, 4) is 5.69 Å². The maximum absolute atomic E-state index is 5.03. The van der Waals surface area contributed by atoms with Crippen molar-refractivity contribution in [2.24, 2.45) is 0 Å². The van der Waals surface area contributed by atoms with E-state index in [1.165, 1.54) is 0 Å². The Kier molecular flexibility index (Phi) is 6.30. The lowest BCUT2D eigenvalue weighted by molar-refractivity contribution is 0.196. The van der Waals surface area contributed by atoms with Crippen LogP contribution in [0.15, 0.2) is 25.6 Å². The average Bonchev–Trinajstić information content (AvgIpc) is 2.87. The molecule has 1 aromatic carbocycles. The van der Waals surface area contributed by atoms with E-state index in [0.29, 0.717) is 6.61 Å².